The molecule has 0 saturated heterocycles. The maximum absolute atomic E-state index is 6.41. The fraction of sp³-hybridized carbons (Fsp3) is 0.135. The van der Waals surface area contributed by atoms with Gasteiger partial charge in [-0.1, -0.05) is 129 Å². The molecule has 2 N–H and O–H groups in total. The van der Waals surface area contributed by atoms with Crippen LogP contribution < -0.4 is 5.73 Å². The highest BCUT2D eigenvalue weighted by molar-refractivity contribution is 6.25. The third-order valence-corrected chi connectivity index (χ3v) is 7.82. The van der Waals surface area contributed by atoms with E-state index in [1.807, 2.05) is 6.07 Å². The fourth-order valence-corrected chi connectivity index (χ4v) is 5.29. The highest BCUT2D eigenvalue weighted by Crippen LogP contribution is 2.35. The Morgan fingerprint density at radius 1 is 0.625 bits per heavy atom. The third-order valence-electron chi connectivity index (χ3n) is 7.82. The van der Waals surface area contributed by atoms with Gasteiger partial charge in [0.1, 0.15) is 5.84 Å². The zero-order valence-corrected chi connectivity index (χ0v) is 23.0. The highest BCUT2D eigenvalue weighted by Gasteiger charge is 2.11. The van der Waals surface area contributed by atoms with E-state index in [4.69, 9.17) is 15.7 Å². The number of rotatable bonds is 6. The molecule has 0 saturated carbocycles. The quantitative estimate of drug-likeness (QED) is 0.133. The van der Waals surface area contributed by atoms with E-state index in [9.17, 15) is 0 Å². The normalized spacial score (nSPS) is 13.2. The summed E-state index contributed by atoms with van der Waals surface area (Å²) in [7, 11) is 0. The standard InChI is InChI=1S/C37H33N3/c1-3-25(2)36(38)40-37(29-20-18-28(19-21-29)27-11-5-4-6-12-27)39-24-26-17-22-34-32-15-8-7-13-30(32)31-14-9-10-16-33(31)35(34)23-26/h4-23,25H,3,24H2,1-2H3,(H2,38,39,40). The third kappa shape index (κ3) is 4.99. The second kappa shape index (κ2) is 11.2. The molecule has 3 nitrogen and oxygen atoms in total. The predicted molar refractivity (Wildman–Crippen MR) is 172 cm³/mol. The molecule has 40 heavy (non-hydrogen) atoms. The number of nitrogens with two attached hydrogens (primary N) is 1. The molecule has 0 heterocycles. The Hall–Kier alpha value is -4.76. The monoisotopic (exact) mass is 519 g/mol. The maximum Gasteiger partial charge on any atom is 0.156 e. The van der Waals surface area contributed by atoms with E-state index in [1.165, 1.54) is 37.9 Å². The summed E-state index contributed by atoms with van der Waals surface area (Å²) in [6, 6.07) is 42.9. The van der Waals surface area contributed by atoms with Gasteiger partial charge in [-0.05, 0) is 61.5 Å². The number of benzene rings is 6. The van der Waals surface area contributed by atoms with Gasteiger partial charge in [-0.25, -0.2) is 4.99 Å². The van der Waals surface area contributed by atoms with Crippen LogP contribution in [0, 0.1) is 5.92 Å². The maximum atomic E-state index is 6.41. The highest BCUT2D eigenvalue weighted by atomic mass is 15.0. The first-order valence-electron chi connectivity index (χ1n) is 14.0. The van der Waals surface area contributed by atoms with Crippen molar-refractivity contribution < 1.29 is 0 Å². The van der Waals surface area contributed by atoms with Gasteiger partial charge < -0.3 is 5.73 Å². The topological polar surface area (TPSA) is 50.7 Å². The Labute approximate surface area is 235 Å². The van der Waals surface area contributed by atoms with Crippen molar-refractivity contribution in [3.8, 4) is 11.1 Å². The number of amidine groups is 2. The van der Waals surface area contributed by atoms with Crippen molar-refractivity contribution in [3.05, 3.63) is 132 Å². The Balaban J connectivity index is 1.41. The fourth-order valence-electron chi connectivity index (χ4n) is 5.29. The van der Waals surface area contributed by atoms with E-state index in [0.717, 1.165) is 23.1 Å². The summed E-state index contributed by atoms with van der Waals surface area (Å²) in [6.45, 7) is 4.75. The van der Waals surface area contributed by atoms with Crippen molar-refractivity contribution in [2.45, 2.75) is 26.8 Å². The van der Waals surface area contributed by atoms with Crippen molar-refractivity contribution in [3.63, 3.8) is 0 Å². The smallest absolute Gasteiger partial charge is 0.156 e. The molecule has 0 radical (unpaired) electrons. The lowest BCUT2D eigenvalue weighted by Crippen LogP contribution is -2.22. The molecule has 3 heteroatoms. The summed E-state index contributed by atoms with van der Waals surface area (Å²) in [5.74, 6) is 1.47. The summed E-state index contributed by atoms with van der Waals surface area (Å²) in [5, 5.41) is 7.61. The number of hydrogen-bond donors (Lipinski definition) is 1. The van der Waals surface area contributed by atoms with E-state index in [-0.39, 0.29) is 5.92 Å². The molecule has 6 rings (SSSR count). The molecule has 0 aliphatic carbocycles. The van der Waals surface area contributed by atoms with Gasteiger partial charge in [0.2, 0.25) is 0 Å². The molecule has 0 bridgehead atoms. The van der Waals surface area contributed by atoms with Gasteiger partial charge in [0.05, 0.1) is 6.54 Å². The van der Waals surface area contributed by atoms with Crippen LogP contribution in [-0.2, 0) is 6.54 Å². The van der Waals surface area contributed by atoms with Crippen LogP contribution in [0.5, 0.6) is 0 Å². The largest absolute Gasteiger partial charge is 0.387 e. The van der Waals surface area contributed by atoms with Crippen molar-refractivity contribution in [2.75, 3.05) is 0 Å². The van der Waals surface area contributed by atoms with E-state index < -0.39 is 0 Å². The average molecular weight is 520 g/mol. The summed E-state index contributed by atoms with van der Waals surface area (Å²) >= 11 is 0. The van der Waals surface area contributed by atoms with Crippen LogP contribution in [0.25, 0.3) is 43.4 Å². The summed E-state index contributed by atoms with van der Waals surface area (Å²) < 4.78 is 0. The first-order chi connectivity index (χ1) is 19.6. The van der Waals surface area contributed by atoms with Gasteiger partial charge in [0.15, 0.2) is 5.84 Å². The van der Waals surface area contributed by atoms with Crippen molar-refractivity contribution in [1.29, 1.82) is 0 Å². The lowest BCUT2D eigenvalue weighted by molar-refractivity contribution is 0.733. The van der Waals surface area contributed by atoms with Gasteiger partial charge in [-0.2, -0.15) is 0 Å². The van der Waals surface area contributed by atoms with Gasteiger partial charge in [0.25, 0.3) is 0 Å². The van der Waals surface area contributed by atoms with Crippen LogP contribution in [0.3, 0.4) is 0 Å². The van der Waals surface area contributed by atoms with Gasteiger partial charge in [0, 0.05) is 11.5 Å². The molecular formula is C37H33N3. The van der Waals surface area contributed by atoms with E-state index in [1.54, 1.807) is 0 Å². The molecule has 0 amide bonds. The van der Waals surface area contributed by atoms with Crippen LogP contribution >= 0.6 is 0 Å². The van der Waals surface area contributed by atoms with Crippen LogP contribution in [-0.4, -0.2) is 11.7 Å². The van der Waals surface area contributed by atoms with Crippen molar-refractivity contribution >= 4 is 44.0 Å². The minimum atomic E-state index is 0.189. The van der Waals surface area contributed by atoms with Crippen molar-refractivity contribution in [2.24, 2.45) is 21.6 Å². The molecule has 1 atom stereocenters. The molecule has 0 fully saturated rings. The molecule has 1 unspecified atom stereocenters. The van der Waals surface area contributed by atoms with Crippen molar-refractivity contribution in [1.82, 2.24) is 0 Å². The molecular weight excluding hydrogens is 486 g/mol. The van der Waals surface area contributed by atoms with Gasteiger partial charge in [-0.15, -0.1) is 0 Å². The number of fused-ring (bicyclic) bond motifs is 6. The van der Waals surface area contributed by atoms with Crippen LogP contribution in [0.15, 0.2) is 131 Å². The molecule has 0 spiro atoms. The average Bonchev–Trinajstić information content (AvgIpc) is 3.03. The number of aliphatic imine (C=N–C) groups is 2. The Morgan fingerprint density at radius 3 is 1.75 bits per heavy atom. The van der Waals surface area contributed by atoms with E-state index in [0.29, 0.717) is 18.2 Å². The number of nitrogens with zero attached hydrogens (tertiary/aromatic N) is 2. The minimum Gasteiger partial charge on any atom is -0.387 e. The zero-order chi connectivity index (χ0) is 27.5. The zero-order valence-electron chi connectivity index (χ0n) is 23.0. The lowest BCUT2D eigenvalue weighted by atomic mass is 9.93. The Morgan fingerprint density at radius 2 is 1.15 bits per heavy atom. The molecule has 196 valence electrons. The van der Waals surface area contributed by atoms with Crippen LogP contribution in [0.1, 0.15) is 31.4 Å². The molecule has 0 aromatic heterocycles. The Kier molecular flexibility index (Phi) is 7.11. The summed E-state index contributed by atoms with van der Waals surface area (Å²) in [5.41, 5.74) is 10.9. The van der Waals surface area contributed by atoms with Gasteiger partial charge >= 0.3 is 0 Å². The molecule has 0 aliphatic heterocycles. The van der Waals surface area contributed by atoms with Crippen LogP contribution in [0.4, 0.5) is 0 Å². The van der Waals surface area contributed by atoms with E-state index >= 15 is 0 Å². The van der Waals surface area contributed by atoms with E-state index in [2.05, 4.69) is 129 Å². The summed E-state index contributed by atoms with van der Waals surface area (Å²) in [6.07, 6.45) is 0.932. The SMILES string of the molecule is CCC(C)C(N)=NC(=NCc1ccc2c3ccccc3c3ccccc3c2c1)c1ccc(-c2ccccc2)cc1. The second-order valence-corrected chi connectivity index (χ2v) is 10.4. The molecule has 6 aromatic rings. The first kappa shape index (κ1) is 25.5. The second-order valence-electron chi connectivity index (χ2n) is 10.4. The number of hydrogen-bond acceptors (Lipinski definition) is 1. The Bertz CT molecular complexity index is 1830. The first-order valence-corrected chi connectivity index (χ1v) is 14.0. The minimum absolute atomic E-state index is 0.189. The predicted octanol–water partition coefficient (Wildman–Crippen LogP) is 9.16. The van der Waals surface area contributed by atoms with Gasteiger partial charge in [-0.3, -0.25) is 4.99 Å². The van der Waals surface area contributed by atoms with Crippen LogP contribution in [0.2, 0.25) is 0 Å². The lowest BCUT2D eigenvalue weighted by Gasteiger charge is -2.12. The summed E-state index contributed by atoms with van der Waals surface area (Å²) in [4.78, 5) is 9.85. The molecule has 0 aliphatic rings. The molecule has 6 aromatic carbocycles.